The molecule has 198 valence electrons. The van der Waals surface area contributed by atoms with Crippen LogP contribution in [0.1, 0.15) is 53.9 Å². The molecular formula is C27H37NO8. The van der Waals surface area contributed by atoms with E-state index in [1.165, 1.54) is 14.0 Å². The van der Waals surface area contributed by atoms with Gasteiger partial charge in [-0.25, -0.2) is 4.79 Å². The Hall–Kier alpha value is -2.65. The van der Waals surface area contributed by atoms with Crippen molar-refractivity contribution in [2.75, 3.05) is 26.8 Å². The van der Waals surface area contributed by atoms with Gasteiger partial charge in [0.1, 0.15) is 12.2 Å². The Kier molecular flexibility index (Phi) is 6.85. The van der Waals surface area contributed by atoms with Gasteiger partial charge in [-0.15, -0.1) is 0 Å². The van der Waals surface area contributed by atoms with E-state index < -0.39 is 52.6 Å². The number of cyclic esters (lactones) is 1. The maximum absolute atomic E-state index is 13.9. The van der Waals surface area contributed by atoms with Gasteiger partial charge in [0, 0.05) is 49.9 Å². The van der Waals surface area contributed by atoms with Gasteiger partial charge in [0.05, 0.1) is 23.7 Å². The summed E-state index contributed by atoms with van der Waals surface area (Å²) >= 11 is 0. The first-order chi connectivity index (χ1) is 16.9. The molecule has 0 amide bonds. The highest BCUT2D eigenvalue weighted by Crippen LogP contribution is 2.63. The summed E-state index contributed by atoms with van der Waals surface area (Å²) in [7, 11) is 1.49. The maximum Gasteiger partial charge on any atom is 0.340 e. The highest BCUT2D eigenvalue weighted by atomic mass is 16.6. The van der Waals surface area contributed by atoms with Crippen LogP contribution >= 0.6 is 0 Å². The number of esters is 2. The smallest absolute Gasteiger partial charge is 0.340 e. The number of ketones is 1. The van der Waals surface area contributed by atoms with E-state index in [4.69, 9.17) is 14.2 Å². The number of ether oxygens (including phenoxy) is 3. The van der Waals surface area contributed by atoms with Gasteiger partial charge in [-0.3, -0.25) is 9.59 Å². The average molecular weight is 504 g/mol. The predicted octanol–water partition coefficient (Wildman–Crippen LogP) is 2.59. The van der Waals surface area contributed by atoms with Crippen LogP contribution in [0, 0.1) is 16.7 Å². The van der Waals surface area contributed by atoms with Gasteiger partial charge in [0.25, 0.3) is 0 Å². The Bertz CT molecular complexity index is 1070. The van der Waals surface area contributed by atoms with Gasteiger partial charge in [0.2, 0.25) is 5.78 Å². The van der Waals surface area contributed by atoms with E-state index in [-0.39, 0.29) is 23.7 Å². The van der Waals surface area contributed by atoms with E-state index in [0.29, 0.717) is 43.5 Å². The highest BCUT2D eigenvalue weighted by molar-refractivity contribution is 6.13. The first-order valence-electron chi connectivity index (χ1n) is 12.7. The lowest BCUT2D eigenvalue weighted by atomic mass is 9.53. The van der Waals surface area contributed by atoms with Crippen LogP contribution in [-0.4, -0.2) is 78.0 Å². The number of aliphatic hydroxyl groups excluding tert-OH is 2. The minimum Gasteiger partial charge on any atom is -0.504 e. The van der Waals surface area contributed by atoms with Gasteiger partial charge in [-0.05, 0) is 51.5 Å². The van der Waals surface area contributed by atoms with Crippen molar-refractivity contribution >= 4 is 17.7 Å². The van der Waals surface area contributed by atoms with Crippen molar-refractivity contribution in [2.24, 2.45) is 16.7 Å². The van der Waals surface area contributed by atoms with Crippen LogP contribution in [0.3, 0.4) is 0 Å². The van der Waals surface area contributed by atoms with Gasteiger partial charge in [-0.1, -0.05) is 6.92 Å². The molecule has 4 rings (SSSR count). The van der Waals surface area contributed by atoms with Crippen molar-refractivity contribution in [2.45, 2.75) is 72.2 Å². The molecule has 2 N–H and O–H groups in total. The normalized spacial score (nSPS) is 36.9. The van der Waals surface area contributed by atoms with Crippen LogP contribution in [0.5, 0.6) is 0 Å². The molecule has 1 aliphatic heterocycles. The second-order valence-electron chi connectivity index (χ2n) is 10.6. The van der Waals surface area contributed by atoms with Crippen LogP contribution in [0.4, 0.5) is 0 Å². The standard InChI is InChI=1S/C27H37NO8/c1-7-28(8-2)12-15-21-24(32)23(31)20-16-9-10-18(30)26(16,4)11-17(35-14(3)29)22(20)27(21,5)19(13-34-6)36-25(15)33/h12,16-19,30,32H,7-11,13H2,1-6H3/t16-,17+,18-,19+,26-,27-/m0/s1. The molecular weight excluding hydrogens is 466 g/mol. The van der Waals surface area contributed by atoms with Gasteiger partial charge >= 0.3 is 11.9 Å². The molecule has 0 radical (unpaired) electrons. The molecule has 1 saturated carbocycles. The summed E-state index contributed by atoms with van der Waals surface area (Å²) in [4.78, 5) is 41.3. The summed E-state index contributed by atoms with van der Waals surface area (Å²) < 4.78 is 17.1. The van der Waals surface area contributed by atoms with Crippen LogP contribution in [0.15, 0.2) is 34.3 Å². The third-order valence-corrected chi connectivity index (χ3v) is 8.78. The number of hydrogen-bond donors (Lipinski definition) is 2. The zero-order valence-electron chi connectivity index (χ0n) is 21.9. The summed E-state index contributed by atoms with van der Waals surface area (Å²) in [5.41, 5.74) is -0.720. The van der Waals surface area contributed by atoms with E-state index >= 15 is 0 Å². The average Bonchev–Trinajstić information content (AvgIpc) is 3.11. The van der Waals surface area contributed by atoms with Crippen molar-refractivity contribution in [1.82, 2.24) is 4.90 Å². The van der Waals surface area contributed by atoms with Crippen molar-refractivity contribution in [3.05, 3.63) is 34.3 Å². The molecule has 0 unspecified atom stereocenters. The summed E-state index contributed by atoms with van der Waals surface area (Å²) in [5, 5.41) is 22.4. The van der Waals surface area contributed by atoms with Gasteiger partial charge < -0.3 is 29.3 Å². The minimum atomic E-state index is -1.19. The number of methoxy groups -OCH3 is 1. The molecule has 3 aliphatic carbocycles. The minimum absolute atomic E-state index is 0.0138. The van der Waals surface area contributed by atoms with E-state index in [0.717, 1.165) is 0 Å². The molecule has 6 atom stereocenters. The zero-order valence-corrected chi connectivity index (χ0v) is 21.9. The lowest BCUT2D eigenvalue weighted by Crippen LogP contribution is -2.57. The number of allylic oxidation sites excluding steroid dienone is 1. The summed E-state index contributed by atoms with van der Waals surface area (Å²) in [6.45, 7) is 10.1. The van der Waals surface area contributed by atoms with E-state index in [1.54, 1.807) is 6.20 Å². The molecule has 0 aromatic rings. The Morgan fingerprint density at radius 1 is 1.22 bits per heavy atom. The fourth-order valence-electron chi connectivity index (χ4n) is 6.86. The van der Waals surface area contributed by atoms with Gasteiger partial charge in [-0.2, -0.15) is 0 Å². The molecule has 0 aromatic carbocycles. The molecule has 9 heteroatoms. The molecule has 2 fully saturated rings. The summed E-state index contributed by atoms with van der Waals surface area (Å²) in [6.07, 6.45) is 0.611. The number of aliphatic hydroxyl groups is 2. The van der Waals surface area contributed by atoms with Gasteiger partial charge in [0.15, 0.2) is 5.76 Å². The monoisotopic (exact) mass is 503 g/mol. The number of nitrogens with zero attached hydrogens (tertiary/aromatic N) is 1. The van der Waals surface area contributed by atoms with Crippen LogP contribution in [0.25, 0.3) is 0 Å². The summed E-state index contributed by atoms with van der Waals surface area (Å²) in [5.74, 6) is -2.59. The van der Waals surface area contributed by atoms with E-state index in [1.807, 2.05) is 32.6 Å². The number of hydrogen-bond acceptors (Lipinski definition) is 9. The van der Waals surface area contributed by atoms with Crippen LogP contribution in [0.2, 0.25) is 0 Å². The second-order valence-corrected chi connectivity index (χ2v) is 10.6. The van der Waals surface area contributed by atoms with Crippen molar-refractivity contribution in [3.8, 4) is 0 Å². The number of carbonyl (C=O) groups excluding carboxylic acids is 3. The molecule has 0 aromatic heterocycles. The molecule has 1 saturated heterocycles. The number of rotatable bonds is 6. The Balaban J connectivity index is 2.02. The molecule has 0 bridgehead atoms. The molecule has 4 aliphatic rings. The van der Waals surface area contributed by atoms with Crippen LogP contribution in [-0.2, 0) is 28.6 Å². The fraction of sp³-hybridized carbons (Fsp3) is 0.667. The Labute approximate surface area is 211 Å². The van der Waals surface area contributed by atoms with E-state index in [9.17, 15) is 24.6 Å². The highest BCUT2D eigenvalue weighted by Gasteiger charge is 2.64. The number of Topliss-reactive ketones (excluding diaryl/α,β-unsaturated/α-hetero) is 1. The predicted molar refractivity (Wildman–Crippen MR) is 130 cm³/mol. The maximum atomic E-state index is 13.9. The topological polar surface area (TPSA) is 123 Å². The van der Waals surface area contributed by atoms with Crippen LogP contribution < -0.4 is 0 Å². The Morgan fingerprint density at radius 2 is 1.89 bits per heavy atom. The first-order valence-corrected chi connectivity index (χ1v) is 12.7. The quantitative estimate of drug-likeness (QED) is 0.416. The second kappa shape index (κ2) is 9.34. The molecule has 1 heterocycles. The largest absolute Gasteiger partial charge is 0.504 e. The SMILES string of the molecule is CCN(C=C1C(=O)O[C@H](COC)[C@@]2(C)C1=C(O)C(=O)C1=C2[C@H](OC(C)=O)C[C@]2(C)[C@@H](O)CC[C@@H]12)CC. The molecule has 9 nitrogen and oxygen atoms in total. The zero-order chi connectivity index (χ0) is 26.6. The fourth-order valence-corrected chi connectivity index (χ4v) is 6.86. The first kappa shape index (κ1) is 26.4. The number of fused-ring (bicyclic) bond motifs is 4. The molecule has 0 spiro atoms. The third kappa shape index (κ3) is 3.70. The van der Waals surface area contributed by atoms with E-state index in [2.05, 4.69) is 0 Å². The Morgan fingerprint density at radius 3 is 2.47 bits per heavy atom. The van der Waals surface area contributed by atoms with Crippen molar-refractivity contribution in [3.63, 3.8) is 0 Å². The number of carbonyl (C=O) groups is 3. The lowest BCUT2D eigenvalue weighted by Gasteiger charge is -2.54. The lowest BCUT2D eigenvalue weighted by molar-refractivity contribution is -0.161. The third-order valence-electron chi connectivity index (χ3n) is 8.78. The molecule has 36 heavy (non-hydrogen) atoms. The van der Waals surface area contributed by atoms with Crippen molar-refractivity contribution < 1.29 is 38.8 Å². The van der Waals surface area contributed by atoms with Crippen molar-refractivity contribution in [1.29, 1.82) is 0 Å². The summed E-state index contributed by atoms with van der Waals surface area (Å²) in [6, 6.07) is 0.